The van der Waals surface area contributed by atoms with Gasteiger partial charge in [-0.2, -0.15) is 0 Å². The first kappa shape index (κ1) is 14.5. The Labute approximate surface area is 126 Å². The number of pyridine rings is 1. The van der Waals surface area contributed by atoms with Crippen LogP contribution in [-0.4, -0.2) is 16.6 Å². The second-order valence-electron chi connectivity index (χ2n) is 6.72. The fourth-order valence-electron chi connectivity index (χ4n) is 3.75. The Kier molecular flexibility index (Phi) is 3.72. The van der Waals surface area contributed by atoms with Crippen LogP contribution < -0.4 is 5.73 Å². The third-order valence-corrected chi connectivity index (χ3v) is 5.04. The van der Waals surface area contributed by atoms with Crippen LogP contribution in [0.5, 0.6) is 0 Å². The molecule has 0 amide bonds. The zero-order valence-corrected chi connectivity index (χ0v) is 12.8. The van der Waals surface area contributed by atoms with Gasteiger partial charge in [0.25, 0.3) is 0 Å². The van der Waals surface area contributed by atoms with Gasteiger partial charge >= 0.3 is 0 Å². The molecular formula is C18H24N2O. The van der Waals surface area contributed by atoms with Crippen LogP contribution in [0.15, 0.2) is 30.3 Å². The summed E-state index contributed by atoms with van der Waals surface area (Å²) in [7, 11) is 0. The first-order chi connectivity index (χ1) is 10.0. The number of aromatic nitrogens is 1. The van der Waals surface area contributed by atoms with Gasteiger partial charge in [-0.1, -0.05) is 25.5 Å². The lowest BCUT2D eigenvalue weighted by molar-refractivity contribution is 0.0309. The SMILES string of the molecule is Cc1ccc2cc(C(O)C3(CN)CCC(C)C3)ccc2n1. The summed E-state index contributed by atoms with van der Waals surface area (Å²) >= 11 is 0. The molecule has 0 spiro atoms. The Bertz CT molecular complexity index is 655. The van der Waals surface area contributed by atoms with Crippen molar-refractivity contribution >= 4 is 10.9 Å². The molecule has 3 nitrogen and oxygen atoms in total. The monoisotopic (exact) mass is 284 g/mol. The van der Waals surface area contributed by atoms with Crippen LogP contribution in [0.25, 0.3) is 10.9 Å². The van der Waals surface area contributed by atoms with E-state index in [4.69, 9.17) is 5.73 Å². The summed E-state index contributed by atoms with van der Waals surface area (Å²) in [6, 6.07) is 10.1. The van der Waals surface area contributed by atoms with E-state index in [9.17, 15) is 5.11 Å². The van der Waals surface area contributed by atoms with Crippen LogP contribution in [0.3, 0.4) is 0 Å². The molecule has 1 fully saturated rings. The number of aliphatic hydroxyl groups excluding tert-OH is 1. The molecule has 1 heterocycles. The third-order valence-electron chi connectivity index (χ3n) is 5.04. The first-order valence-electron chi connectivity index (χ1n) is 7.79. The molecule has 1 aromatic carbocycles. The van der Waals surface area contributed by atoms with Gasteiger partial charge in [-0.25, -0.2) is 0 Å². The Hall–Kier alpha value is -1.45. The molecule has 0 radical (unpaired) electrons. The second-order valence-corrected chi connectivity index (χ2v) is 6.72. The second kappa shape index (κ2) is 5.39. The predicted octanol–water partition coefficient (Wildman–Crippen LogP) is 3.34. The molecule has 3 rings (SSSR count). The highest BCUT2D eigenvalue weighted by molar-refractivity contribution is 5.79. The molecule has 1 aliphatic rings. The topological polar surface area (TPSA) is 59.1 Å². The van der Waals surface area contributed by atoms with Crippen LogP contribution in [0.4, 0.5) is 0 Å². The number of benzene rings is 1. The zero-order chi connectivity index (χ0) is 15.0. The minimum atomic E-state index is -0.488. The smallest absolute Gasteiger partial charge is 0.0858 e. The highest BCUT2D eigenvalue weighted by atomic mass is 16.3. The lowest BCUT2D eigenvalue weighted by Crippen LogP contribution is -2.34. The van der Waals surface area contributed by atoms with Crippen molar-refractivity contribution in [1.29, 1.82) is 0 Å². The van der Waals surface area contributed by atoms with Gasteiger partial charge in [0.1, 0.15) is 0 Å². The van der Waals surface area contributed by atoms with Crippen molar-refractivity contribution in [2.45, 2.75) is 39.2 Å². The summed E-state index contributed by atoms with van der Waals surface area (Å²) in [5.74, 6) is 0.646. The van der Waals surface area contributed by atoms with Crippen LogP contribution in [-0.2, 0) is 0 Å². The molecule has 21 heavy (non-hydrogen) atoms. The molecule has 112 valence electrons. The Balaban J connectivity index is 1.97. The number of hydrogen-bond donors (Lipinski definition) is 2. The van der Waals surface area contributed by atoms with Crippen LogP contribution >= 0.6 is 0 Å². The van der Waals surface area contributed by atoms with Crippen LogP contribution in [0.1, 0.15) is 43.5 Å². The standard InChI is InChI=1S/C18H24N2O/c1-12-7-8-18(10-12,11-19)17(21)15-5-6-16-14(9-15)4-3-13(2)20-16/h3-6,9,12,17,21H,7-8,10-11,19H2,1-2H3. The Morgan fingerprint density at radius 3 is 2.86 bits per heavy atom. The number of aryl methyl sites for hydroxylation is 1. The van der Waals surface area contributed by atoms with Crippen LogP contribution in [0, 0.1) is 18.3 Å². The molecule has 0 aliphatic heterocycles. The minimum absolute atomic E-state index is 0.161. The van der Waals surface area contributed by atoms with Gasteiger partial charge in [-0.15, -0.1) is 0 Å². The largest absolute Gasteiger partial charge is 0.388 e. The highest BCUT2D eigenvalue weighted by Gasteiger charge is 2.42. The molecule has 3 unspecified atom stereocenters. The lowest BCUT2D eigenvalue weighted by Gasteiger charge is -2.33. The van der Waals surface area contributed by atoms with Crippen molar-refractivity contribution in [2.75, 3.05) is 6.54 Å². The quantitative estimate of drug-likeness (QED) is 0.908. The van der Waals surface area contributed by atoms with Crippen molar-refractivity contribution in [3.63, 3.8) is 0 Å². The van der Waals surface area contributed by atoms with Crippen molar-refractivity contribution in [3.05, 3.63) is 41.6 Å². The van der Waals surface area contributed by atoms with Gasteiger partial charge in [-0.05, 0) is 49.4 Å². The molecule has 1 aromatic heterocycles. The van der Waals surface area contributed by atoms with Gasteiger partial charge in [-0.3, -0.25) is 4.98 Å². The molecule has 0 saturated heterocycles. The van der Waals surface area contributed by atoms with Gasteiger partial charge in [0.15, 0.2) is 0 Å². The van der Waals surface area contributed by atoms with E-state index in [2.05, 4.69) is 24.0 Å². The zero-order valence-electron chi connectivity index (χ0n) is 12.8. The minimum Gasteiger partial charge on any atom is -0.388 e. The van der Waals surface area contributed by atoms with Gasteiger partial charge in [0, 0.05) is 23.0 Å². The van der Waals surface area contributed by atoms with E-state index in [0.29, 0.717) is 12.5 Å². The van der Waals surface area contributed by atoms with Crippen molar-refractivity contribution in [1.82, 2.24) is 4.98 Å². The Morgan fingerprint density at radius 2 is 2.19 bits per heavy atom. The number of rotatable bonds is 3. The number of nitrogens with zero attached hydrogens (tertiary/aromatic N) is 1. The maximum Gasteiger partial charge on any atom is 0.0858 e. The molecule has 2 aromatic rings. The van der Waals surface area contributed by atoms with Crippen LogP contribution in [0.2, 0.25) is 0 Å². The average molecular weight is 284 g/mol. The van der Waals surface area contributed by atoms with E-state index < -0.39 is 6.10 Å². The fourth-order valence-corrected chi connectivity index (χ4v) is 3.75. The first-order valence-corrected chi connectivity index (χ1v) is 7.79. The number of nitrogens with two attached hydrogens (primary N) is 1. The van der Waals surface area contributed by atoms with E-state index in [1.807, 2.05) is 25.1 Å². The average Bonchev–Trinajstić information content (AvgIpc) is 2.88. The van der Waals surface area contributed by atoms with E-state index >= 15 is 0 Å². The summed E-state index contributed by atoms with van der Waals surface area (Å²) in [5.41, 5.74) is 8.83. The summed E-state index contributed by atoms with van der Waals surface area (Å²) in [5, 5.41) is 12.0. The molecular weight excluding hydrogens is 260 g/mol. The van der Waals surface area contributed by atoms with E-state index in [1.54, 1.807) is 0 Å². The number of aliphatic hydroxyl groups is 1. The maximum absolute atomic E-state index is 10.9. The number of hydrogen-bond acceptors (Lipinski definition) is 3. The van der Waals surface area contributed by atoms with Crippen molar-refractivity contribution < 1.29 is 5.11 Å². The lowest BCUT2D eigenvalue weighted by atomic mass is 9.76. The van der Waals surface area contributed by atoms with Gasteiger partial charge in [0.2, 0.25) is 0 Å². The molecule has 3 atom stereocenters. The molecule has 1 aliphatic carbocycles. The van der Waals surface area contributed by atoms with Gasteiger partial charge < -0.3 is 10.8 Å². The van der Waals surface area contributed by atoms with Gasteiger partial charge in [0.05, 0.1) is 11.6 Å². The van der Waals surface area contributed by atoms with E-state index in [1.165, 1.54) is 0 Å². The Morgan fingerprint density at radius 1 is 1.38 bits per heavy atom. The molecule has 0 bridgehead atoms. The fraction of sp³-hybridized carbons (Fsp3) is 0.500. The summed E-state index contributed by atoms with van der Waals surface area (Å²) in [4.78, 5) is 4.52. The molecule has 3 N–H and O–H groups in total. The summed E-state index contributed by atoms with van der Waals surface area (Å²) in [6.07, 6.45) is 2.69. The molecule has 3 heteroatoms. The van der Waals surface area contributed by atoms with E-state index in [-0.39, 0.29) is 5.41 Å². The normalized spacial score (nSPS) is 27.1. The summed E-state index contributed by atoms with van der Waals surface area (Å²) in [6.45, 7) is 4.78. The predicted molar refractivity (Wildman–Crippen MR) is 85.9 cm³/mol. The molecule has 1 saturated carbocycles. The van der Waals surface area contributed by atoms with E-state index in [0.717, 1.165) is 41.4 Å². The van der Waals surface area contributed by atoms with Crippen molar-refractivity contribution in [3.8, 4) is 0 Å². The number of fused-ring (bicyclic) bond motifs is 1. The maximum atomic E-state index is 10.9. The highest BCUT2D eigenvalue weighted by Crippen LogP contribution is 2.49. The third kappa shape index (κ3) is 2.56. The van der Waals surface area contributed by atoms with Crippen molar-refractivity contribution in [2.24, 2.45) is 17.1 Å². The summed E-state index contributed by atoms with van der Waals surface area (Å²) < 4.78 is 0.